The molecule has 5 nitrogen and oxygen atoms in total. The Balaban J connectivity index is 1.31. The Hall–Kier alpha value is -3.55. The molecule has 4 rings (SSSR count). The fraction of sp³-hybridized carbons (Fsp3) is 0. The minimum Gasteiger partial charge on any atom is -0.457 e. The summed E-state index contributed by atoms with van der Waals surface area (Å²) in [5.74, 6) is 0.964. The van der Waals surface area contributed by atoms with Gasteiger partial charge < -0.3 is 9.73 Å². The van der Waals surface area contributed by atoms with Crippen molar-refractivity contribution in [2.75, 3.05) is 5.32 Å². The van der Waals surface area contributed by atoms with Crippen molar-refractivity contribution >= 4 is 45.8 Å². The van der Waals surface area contributed by atoms with Crippen molar-refractivity contribution in [3.63, 3.8) is 0 Å². The third kappa shape index (κ3) is 5.08. The van der Waals surface area contributed by atoms with Crippen LogP contribution in [-0.2, 0) is 4.79 Å². The van der Waals surface area contributed by atoms with Gasteiger partial charge in [0.2, 0.25) is 5.91 Å². The summed E-state index contributed by atoms with van der Waals surface area (Å²) >= 11 is 6.62. The largest absolute Gasteiger partial charge is 0.457 e. The average molecular weight is 432 g/mol. The lowest BCUT2D eigenvalue weighted by Crippen LogP contribution is -2.32. The van der Waals surface area contributed by atoms with Crippen molar-refractivity contribution in [1.82, 2.24) is 10.3 Å². The fourth-order valence-corrected chi connectivity index (χ4v) is 3.70. The maximum absolute atomic E-state index is 12.1. The molecule has 30 heavy (non-hydrogen) atoms. The Labute approximate surface area is 183 Å². The quantitative estimate of drug-likeness (QED) is 0.318. The third-order valence-electron chi connectivity index (χ3n) is 4.11. The number of rotatable bonds is 5. The van der Waals surface area contributed by atoms with Gasteiger partial charge in [-0.3, -0.25) is 10.1 Å². The maximum Gasteiger partial charge on any atom is 0.250 e. The average Bonchev–Trinajstić information content (AvgIpc) is 3.43. The molecule has 0 fully saturated rings. The first-order valence-corrected chi connectivity index (χ1v) is 10.4. The van der Waals surface area contributed by atoms with Crippen molar-refractivity contribution in [2.45, 2.75) is 0 Å². The van der Waals surface area contributed by atoms with Crippen molar-refractivity contribution in [3.05, 3.63) is 90.0 Å². The summed E-state index contributed by atoms with van der Waals surface area (Å²) in [7, 11) is 0. The fourth-order valence-electron chi connectivity index (χ4n) is 2.71. The van der Waals surface area contributed by atoms with Gasteiger partial charge in [0.1, 0.15) is 11.5 Å². The number of amides is 1. The number of furan rings is 1. The number of thiocarbonyl (C=S) groups is 1. The van der Waals surface area contributed by atoms with Crippen molar-refractivity contribution in [2.24, 2.45) is 0 Å². The lowest BCUT2D eigenvalue weighted by atomic mass is 10.2. The summed E-state index contributed by atoms with van der Waals surface area (Å²) in [6.07, 6.45) is 2.97. The highest BCUT2D eigenvalue weighted by molar-refractivity contribution is 7.80. The van der Waals surface area contributed by atoms with Gasteiger partial charge in [0, 0.05) is 22.6 Å². The standard InChI is InChI=1S/C23H17N3O2S2/c27-21(14-12-18-11-13-20(28-18)17-9-5-2-6-10-17)25-22(29)26-23-24-19(15-30-23)16-7-3-1-4-8-16/h1-15H,(H2,24,25,26,27,29)/b14-12+. The number of benzene rings is 2. The van der Waals surface area contributed by atoms with Crippen LogP contribution in [0, 0.1) is 0 Å². The molecule has 0 saturated carbocycles. The zero-order chi connectivity index (χ0) is 20.8. The predicted octanol–water partition coefficient (Wildman–Crippen LogP) is 5.60. The second-order valence-corrected chi connectivity index (χ2v) is 7.52. The van der Waals surface area contributed by atoms with E-state index in [1.807, 2.05) is 78.2 Å². The van der Waals surface area contributed by atoms with Crippen LogP contribution in [0.3, 0.4) is 0 Å². The summed E-state index contributed by atoms with van der Waals surface area (Å²) in [5, 5.41) is 8.27. The second kappa shape index (κ2) is 9.30. The van der Waals surface area contributed by atoms with Gasteiger partial charge in [-0.25, -0.2) is 4.98 Å². The number of aromatic nitrogens is 1. The summed E-state index contributed by atoms with van der Waals surface area (Å²) in [6, 6.07) is 23.3. The predicted molar refractivity (Wildman–Crippen MR) is 125 cm³/mol. The van der Waals surface area contributed by atoms with Gasteiger partial charge in [-0.15, -0.1) is 11.3 Å². The van der Waals surface area contributed by atoms with E-state index < -0.39 is 0 Å². The topological polar surface area (TPSA) is 67.2 Å². The summed E-state index contributed by atoms with van der Waals surface area (Å²) < 4.78 is 5.74. The Bertz CT molecular complexity index is 1180. The van der Waals surface area contributed by atoms with Gasteiger partial charge in [-0.1, -0.05) is 60.7 Å². The first-order valence-electron chi connectivity index (χ1n) is 9.13. The molecule has 0 aliphatic carbocycles. The maximum atomic E-state index is 12.1. The van der Waals surface area contributed by atoms with E-state index in [0.29, 0.717) is 10.9 Å². The van der Waals surface area contributed by atoms with E-state index in [1.54, 1.807) is 6.08 Å². The van der Waals surface area contributed by atoms with E-state index in [-0.39, 0.29) is 11.0 Å². The van der Waals surface area contributed by atoms with Crippen LogP contribution in [0.1, 0.15) is 5.76 Å². The molecule has 0 radical (unpaired) electrons. The highest BCUT2D eigenvalue weighted by Crippen LogP contribution is 2.24. The lowest BCUT2D eigenvalue weighted by Gasteiger charge is -2.04. The van der Waals surface area contributed by atoms with Gasteiger partial charge in [0.05, 0.1) is 5.69 Å². The summed E-state index contributed by atoms with van der Waals surface area (Å²) in [4.78, 5) is 16.6. The summed E-state index contributed by atoms with van der Waals surface area (Å²) in [6.45, 7) is 0. The van der Waals surface area contributed by atoms with E-state index >= 15 is 0 Å². The van der Waals surface area contributed by atoms with Crippen molar-refractivity contribution < 1.29 is 9.21 Å². The first kappa shape index (κ1) is 19.8. The Morgan fingerprint density at radius 2 is 1.67 bits per heavy atom. The highest BCUT2D eigenvalue weighted by Gasteiger charge is 2.08. The van der Waals surface area contributed by atoms with Crippen LogP contribution in [0.5, 0.6) is 0 Å². The zero-order valence-electron chi connectivity index (χ0n) is 15.7. The van der Waals surface area contributed by atoms with E-state index in [9.17, 15) is 4.79 Å². The molecule has 2 aromatic heterocycles. The number of carbonyl (C=O) groups is 1. The molecule has 0 aliphatic rings. The molecule has 7 heteroatoms. The Morgan fingerprint density at radius 3 is 2.40 bits per heavy atom. The first-order chi connectivity index (χ1) is 14.7. The van der Waals surface area contributed by atoms with Gasteiger partial charge >= 0.3 is 0 Å². The summed E-state index contributed by atoms with van der Waals surface area (Å²) in [5.41, 5.74) is 2.85. The van der Waals surface area contributed by atoms with Crippen LogP contribution in [0.4, 0.5) is 5.13 Å². The van der Waals surface area contributed by atoms with E-state index in [0.717, 1.165) is 22.6 Å². The minimum atomic E-state index is -0.356. The molecule has 2 N–H and O–H groups in total. The lowest BCUT2D eigenvalue weighted by molar-refractivity contribution is -0.115. The van der Waals surface area contributed by atoms with Crippen molar-refractivity contribution in [1.29, 1.82) is 0 Å². The second-order valence-electron chi connectivity index (χ2n) is 6.25. The van der Waals surface area contributed by atoms with Gasteiger partial charge in [0.25, 0.3) is 0 Å². The number of anilines is 1. The van der Waals surface area contributed by atoms with E-state index in [2.05, 4.69) is 15.6 Å². The molecular formula is C23H17N3O2S2. The number of nitrogens with one attached hydrogen (secondary N) is 2. The van der Waals surface area contributed by atoms with Crippen LogP contribution in [0.2, 0.25) is 0 Å². The van der Waals surface area contributed by atoms with Crippen LogP contribution in [0.15, 0.2) is 88.7 Å². The van der Waals surface area contributed by atoms with Crippen molar-refractivity contribution in [3.8, 4) is 22.6 Å². The SMILES string of the molecule is O=C(/C=C/c1ccc(-c2ccccc2)o1)NC(=S)Nc1nc(-c2ccccc2)cs1. The molecule has 0 bridgehead atoms. The molecule has 0 atom stereocenters. The molecular weight excluding hydrogens is 414 g/mol. The molecule has 0 aliphatic heterocycles. The normalized spacial score (nSPS) is 10.8. The Kier molecular flexibility index (Phi) is 6.12. The van der Waals surface area contributed by atoms with Crippen LogP contribution in [-0.4, -0.2) is 16.0 Å². The molecule has 0 saturated heterocycles. The van der Waals surface area contributed by atoms with Crippen LogP contribution >= 0.6 is 23.6 Å². The molecule has 148 valence electrons. The number of carbonyl (C=O) groups excluding carboxylic acids is 1. The van der Waals surface area contributed by atoms with Gasteiger partial charge in [-0.05, 0) is 30.4 Å². The number of nitrogens with zero attached hydrogens (tertiary/aromatic N) is 1. The highest BCUT2D eigenvalue weighted by atomic mass is 32.1. The molecule has 4 aromatic rings. The monoisotopic (exact) mass is 431 g/mol. The van der Waals surface area contributed by atoms with Crippen LogP contribution < -0.4 is 10.6 Å². The molecule has 0 unspecified atom stereocenters. The van der Waals surface area contributed by atoms with E-state index in [4.69, 9.17) is 16.6 Å². The van der Waals surface area contributed by atoms with Gasteiger partial charge in [0.15, 0.2) is 10.2 Å². The molecule has 2 heterocycles. The van der Waals surface area contributed by atoms with E-state index in [1.165, 1.54) is 17.4 Å². The molecule has 1 amide bonds. The molecule has 0 spiro atoms. The third-order valence-corrected chi connectivity index (χ3v) is 5.08. The molecule has 2 aromatic carbocycles. The van der Waals surface area contributed by atoms with Crippen LogP contribution in [0.25, 0.3) is 28.7 Å². The smallest absolute Gasteiger partial charge is 0.250 e. The Morgan fingerprint density at radius 1 is 0.967 bits per heavy atom. The number of thiazole rings is 1. The van der Waals surface area contributed by atoms with Gasteiger partial charge in [-0.2, -0.15) is 0 Å². The zero-order valence-corrected chi connectivity index (χ0v) is 17.4. The number of hydrogen-bond donors (Lipinski definition) is 2. The number of hydrogen-bond acceptors (Lipinski definition) is 5. The minimum absolute atomic E-state index is 0.183.